The van der Waals surface area contributed by atoms with Crippen LogP contribution in [0.15, 0.2) is 12.1 Å². The molecule has 0 aliphatic heterocycles. The van der Waals surface area contributed by atoms with Crippen LogP contribution >= 0.6 is 0 Å². The van der Waals surface area contributed by atoms with Gasteiger partial charge in [-0.1, -0.05) is 0 Å². The van der Waals surface area contributed by atoms with Gasteiger partial charge in [0.15, 0.2) is 17.5 Å². The summed E-state index contributed by atoms with van der Waals surface area (Å²) < 4.78 is 61.9. The molecule has 0 spiro atoms. The fourth-order valence-corrected chi connectivity index (χ4v) is 1.08. The molecule has 0 saturated heterocycles. The van der Waals surface area contributed by atoms with Crippen LogP contribution in [0.4, 0.5) is 13.2 Å². The van der Waals surface area contributed by atoms with Crippen LogP contribution in [0.25, 0.3) is 0 Å². The lowest BCUT2D eigenvalue weighted by atomic mass is 10.3. The van der Waals surface area contributed by atoms with E-state index in [9.17, 15) is 21.6 Å². The van der Waals surface area contributed by atoms with Crippen LogP contribution in [0.1, 0.15) is 0 Å². The van der Waals surface area contributed by atoms with Crippen molar-refractivity contribution < 1.29 is 25.8 Å². The van der Waals surface area contributed by atoms with E-state index in [1.54, 1.807) is 0 Å². The van der Waals surface area contributed by atoms with E-state index in [2.05, 4.69) is 9.32 Å². The van der Waals surface area contributed by atoms with E-state index in [0.717, 1.165) is 0 Å². The van der Waals surface area contributed by atoms with Gasteiger partial charge in [0.05, 0.1) is 0 Å². The average molecular weight is 227 g/mol. The van der Waals surface area contributed by atoms with Gasteiger partial charge in [-0.05, 0) is 0 Å². The third-order valence-electron chi connectivity index (χ3n) is 1.17. The molecule has 78 valence electrons. The number of nitrogens with two attached hydrogens (primary N) is 1. The lowest BCUT2D eigenvalue weighted by Crippen LogP contribution is -2.19. The van der Waals surface area contributed by atoms with E-state index in [0.29, 0.717) is 12.1 Å². The second kappa shape index (κ2) is 3.46. The zero-order valence-corrected chi connectivity index (χ0v) is 7.32. The summed E-state index contributed by atoms with van der Waals surface area (Å²) in [4.78, 5) is 0. The van der Waals surface area contributed by atoms with E-state index < -0.39 is 33.5 Å². The van der Waals surface area contributed by atoms with Gasteiger partial charge in [-0.15, -0.1) is 0 Å². The minimum absolute atomic E-state index is 0.364. The number of benzene rings is 1. The lowest BCUT2D eigenvalue weighted by Gasteiger charge is -2.02. The fourth-order valence-electron chi connectivity index (χ4n) is 0.715. The van der Waals surface area contributed by atoms with Crippen molar-refractivity contribution in [2.45, 2.75) is 0 Å². The Bertz CT molecular complexity index is 436. The van der Waals surface area contributed by atoms with Crippen LogP contribution in [-0.2, 0) is 10.3 Å². The molecular formula is C6H4F3NO3S. The quantitative estimate of drug-likeness (QED) is 0.755. The van der Waals surface area contributed by atoms with E-state index in [-0.39, 0.29) is 0 Å². The molecule has 0 saturated carbocycles. The number of rotatable bonds is 2. The third-order valence-corrected chi connectivity index (χ3v) is 1.59. The first-order valence-corrected chi connectivity index (χ1v) is 4.63. The summed E-state index contributed by atoms with van der Waals surface area (Å²) in [5.74, 6) is -5.58. The average Bonchev–Trinajstić information content (AvgIpc) is 1.96. The monoisotopic (exact) mass is 227 g/mol. The molecule has 0 amide bonds. The molecule has 1 rings (SSSR count). The van der Waals surface area contributed by atoms with Crippen LogP contribution in [-0.4, -0.2) is 8.42 Å². The molecule has 0 atom stereocenters. The molecule has 0 unspecified atom stereocenters. The van der Waals surface area contributed by atoms with Crippen molar-refractivity contribution in [1.82, 2.24) is 0 Å². The van der Waals surface area contributed by atoms with Crippen molar-refractivity contribution in [3.63, 3.8) is 0 Å². The summed E-state index contributed by atoms with van der Waals surface area (Å²) in [5.41, 5.74) is 0. The Morgan fingerprint density at radius 1 is 1.14 bits per heavy atom. The highest BCUT2D eigenvalue weighted by Crippen LogP contribution is 2.19. The summed E-state index contributed by atoms with van der Waals surface area (Å²) in [6.45, 7) is 0. The van der Waals surface area contributed by atoms with Crippen molar-refractivity contribution in [1.29, 1.82) is 0 Å². The number of hydrogen-bond acceptors (Lipinski definition) is 3. The zero-order valence-electron chi connectivity index (χ0n) is 6.50. The molecular weight excluding hydrogens is 223 g/mol. The minimum atomic E-state index is -4.38. The van der Waals surface area contributed by atoms with Gasteiger partial charge in [-0.25, -0.2) is 13.2 Å². The molecule has 1 aromatic rings. The van der Waals surface area contributed by atoms with Crippen LogP contribution < -0.4 is 9.32 Å². The molecule has 0 fully saturated rings. The predicted molar refractivity (Wildman–Crippen MR) is 40.1 cm³/mol. The van der Waals surface area contributed by atoms with Gasteiger partial charge in [0.2, 0.25) is 0 Å². The van der Waals surface area contributed by atoms with Crippen molar-refractivity contribution >= 4 is 10.3 Å². The molecule has 0 bridgehead atoms. The molecule has 2 N–H and O–H groups in total. The second-order valence-electron chi connectivity index (χ2n) is 2.28. The highest BCUT2D eigenvalue weighted by atomic mass is 32.2. The van der Waals surface area contributed by atoms with Gasteiger partial charge in [0.1, 0.15) is 5.75 Å². The van der Waals surface area contributed by atoms with E-state index in [4.69, 9.17) is 0 Å². The maximum absolute atomic E-state index is 12.5. The Morgan fingerprint density at radius 2 is 1.57 bits per heavy atom. The summed E-state index contributed by atoms with van der Waals surface area (Å²) in [5, 5.41) is 4.42. The highest BCUT2D eigenvalue weighted by Gasteiger charge is 2.14. The van der Waals surface area contributed by atoms with E-state index >= 15 is 0 Å². The first-order chi connectivity index (χ1) is 6.29. The summed E-state index contributed by atoms with van der Waals surface area (Å²) in [6, 6.07) is 0.728. The van der Waals surface area contributed by atoms with Gasteiger partial charge >= 0.3 is 10.3 Å². The first kappa shape index (κ1) is 10.8. The molecule has 0 aromatic heterocycles. The first-order valence-electron chi connectivity index (χ1n) is 3.16. The maximum Gasteiger partial charge on any atom is 0.380 e. The summed E-state index contributed by atoms with van der Waals surface area (Å²) in [6.07, 6.45) is 0. The number of hydrogen-bond donors (Lipinski definition) is 1. The van der Waals surface area contributed by atoms with Gasteiger partial charge in [0, 0.05) is 12.1 Å². The molecule has 0 radical (unpaired) electrons. The third kappa shape index (κ3) is 2.60. The summed E-state index contributed by atoms with van der Waals surface area (Å²) >= 11 is 0. The van der Waals surface area contributed by atoms with E-state index in [1.165, 1.54) is 0 Å². The lowest BCUT2D eigenvalue weighted by molar-refractivity contribution is 0.433. The standard InChI is InChI=1S/C6H4F3NO3S/c7-4-1-3(13-14(10,11)12)2-5(8)6(4)9/h1-2H,(H2,10,11,12). The van der Waals surface area contributed by atoms with E-state index in [1.807, 2.05) is 0 Å². The molecule has 0 heterocycles. The van der Waals surface area contributed by atoms with Crippen LogP contribution in [0.5, 0.6) is 5.75 Å². The Morgan fingerprint density at radius 3 is 1.93 bits per heavy atom. The van der Waals surface area contributed by atoms with Crippen molar-refractivity contribution in [2.24, 2.45) is 5.14 Å². The fraction of sp³-hybridized carbons (Fsp3) is 0. The van der Waals surface area contributed by atoms with Crippen LogP contribution in [0.2, 0.25) is 0 Å². The van der Waals surface area contributed by atoms with Crippen LogP contribution in [0.3, 0.4) is 0 Å². The van der Waals surface area contributed by atoms with Crippen molar-refractivity contribution in [2.75, 3.05) is 0 Å². The summed E-state index contributed by atoms with van der Waals surface area (Å²) in [7, 11) is -4.38. The van der Waals surface area contributed by atoms with Crippen molar-refractivity contribution in [3.8, 4) is 5.75 Å². The molecule has 1 aromatic carbocycles. The molecule has 14 heavy (non-hydrogen) atoms. The highest BCUT2D eigenvalue weighted by molar-refractivity contribution is 7.84. The van der Waals surface area contributed by atoms with Gasteiger partial charge in [-0.3, -0.25) is 0 Å². The van der Waals surface area contributed by atoms with Crippen LogP contribution in [0, 0.1) is 17.5 Å². The van der Waals surface area contributed by atoms with Gasteiger partial charge in [-0.2, -0.15) is 13.6 Å². The van der Waals surface area contributed by atoms with Gasteiger partial charge in [0.25, 0.3) is 0 Å². The van der Waals surface area contributed by atoms with Gasteiger partial charge < -0.3 is 4.18 Å². The Kier molecular flexibility index (Phi) is 2.67. The second-order valence-corrected chi connectivity index (χ2v) is 3.43. The molecule has 8 heteroatoms. The topological polar surface area (TPSA) is 69.4 Å². The Labute approximate surface area is 77.4 Å². The molecule has 0 aliphatic rings. The largest absolute Gasteiger partial charge is 0.380 e. The minimum Gasteiger partial charge on any atom is -0.371 e. The number of halogens is 3. The molecule has 0 aliphatic carbocycles. The normalized spacial score (nSPS) is 11.4. The molecule has 4 nitrogen and oxygen atoms in total. The zero-order chi connectivity index (χ0) is 10.9. The van der Waals surface area contributed by atoms with Crippen molar-refractivity contribution in [3.05, 3.63) is 29.6 Å². The smallest absolute Gasteiger partial charge is 0.371 e. The SMILES string of the molecule is NS(=O)(=O)Oc1cc(F)c(F)c(F)c1. The Hall–Kier alpha value is -1.28. The Balaban J connectivity index is 3.14. The predicted octanol–water partition coefficient (Wildman–Crippen LogP) is 0.686. The maximum atomic E-state index is 12.5.